The molecule has 26 heavy (non-hydrogen) atoms. The van der Waals surface area contributed by atoms with Gasteiger partial charge in [0.25, 0.3) is 0 Å². The van der Waals surface area contributed by atoms with Gasteiger partial charge in [-0.15, -0.1) is 35.3 Å². The largest absolute Gasteiger partial charge is 0.363 e. The first kappa shape index (κ1) is 23.5. The molecule has 1 fully saturated rings. The number of hydrogen-bond acceptors (Lipinski definition) is 4. The summed E-state index contributed by atoms with van der Waals surface area (Å²) in [6.45, 7) is 7.72. The number of halogens is 1. The second-order valence-corrected chi connectivity index (χ2v) is 8.48. The Labute approximate surface area is 180 Å². The van der Waals surface area contributed by atoms with E-state index in [1.54, 1.807) is 0 Å². The minimum Gasteiger partial charge on any atom is -0.363 e. The lowest BCUT2D eigenvalue weighted by atomic mass is 10.0. The summed E-state index contributed by atoms with van der Waals surface area (Å²) in [7, 11) is 6.18. The Morgan fingerprint density at radius 1 is 1.35 bits per heavy atom. The van der Waals surface area contributed by atoms with Gasteiger partial charge in [-0.2, -0.15) is 0 Å². The molecule has 1 unspecified atom stereocenters. The van der Waals surface area contributed by atoms with E-state index >= 15 is 0 Å². The number of nitrogens with one attached hydrogen (secondary N) is 2. The maximum atomic E-state index is 4.43. The van der Waals surface area contributed by atoms with Gasteiger partial charge in [0, 0.05) is 38.8 Å². The second-order valence-electron chi connectivity index (χ2n) is 7.56. The smallest absolute Gasteiger partial charge is 0.191 e. The Bertz CT molecular complexity index is 510. The fourth-order valence-electron chi connectivity index (χ4n) is 3.32. The van der Waals surface area contributed by atoms with Crippen molar-refractivity contribution >= 4 is 46.3 Å². The summed E-state index contributed by atoms with van der Waals surface area (Å²) in [5, 5.41) is 10.7. The number of anilines is 1. The summed E-state index contributed by atoms with van der Waals surface area (Å²) in [5.41, 5.74) is 0. The molecule has 0 amide bonds. The van der Waals surface area contributed by atoms with E-state index in [1.807, 2.05) is 18.4 Å². The third kappa shape index (κ3) is 7.60. The Kier molecular flexibility index (Phi) is 10.9. The van der Waals surface area contributed by atoms with E-state index in [9.17, 15) is 0 Å². The van der Waals surface area contributed by atoms with Gasteiger partial charge in [-0.05, 0) is 56.8 Å². The molecule has 1 aromatic rings. The summed E-state index contributed by atoms with van der Waals surface area (Å²) in [4.78, 5) is 9.22. The quantitative estimate of drug-likeness (QED) is 0.347. The van der Waals surface area contributed by atoms with Crippen molar-refractivity contribution in [3.8, 4) is 0 Å². The van der Waals surface area contributed by atoms with Gasteiger partial charge in [-0.3, -0.25) is 4.99 Å². The number of likely N-dealkylation sites (N-methyl/N-ethyl adjacent to an activating group) is 1. The maximum absolute atomic E-state index is 4.43. The number of piperidine rings is 1. The van der Waals surface area contributed by atoms with E-state index in [4.69, 9.17) is 0 Å². The Hall–Kier alpha value is -0.540. The zero-order valence-electron chi connectivity index (χ0n) is 16.9. The third-order valence-electron chi connectivity index (χ3n) is 4.86. The van der Waals surface area contributed by atoms with Gasteiger partial charge in [0.2, 0.25) is 0 Å². The molecular weight excluding hydrogens is 457 g/mol. The fraction of sp³-hybridized carbons (Fsp3) is 0.737. The van der Waals surface area contributed by atoms with Crippen molar-refractivity contribution in [2.24, 2.45) is 10.9 Å². The first-order valence-electron chi connectivity index (χ1n) is 9.41. The van der Waals surface area contributed by atoms with Crippen LogP contribution >= 0.6 is 35.3 Å². The van der Waals surface area contributed by atoms with Gasteiger partial charge < -0.3 is 20.4 Å². The second kappa shape index (κ2) is 12.0. The van der Waals surface area contributed by atoms with E-state index < -0.39 is 0 Å². The predicted octanol–water partition coefficient (Wildman–Crippen LogP) is 3.48. The van der Waals surface area contributed by atoms with Crippen LogP contribution in [0.25, 0.3) is 0 Å². The van der Waals surface area contributed by atoms with Crippen molar-refractivity contribution in [3.05, 3.63) is 17.5 Å². The van der Waals surface area contributed by atoms with Gasteiger partial charge in [0.1, 0.15) is 0 Å². The zero-order chi connectivity index (χ0) is 18.2. The van der Waals surface area contributed by atoms with Gasteiger partial charge in [0.05, 0.1) is 5.00 Å². The molecule has 1 aromatic heterocycles. The Morgan fingerprint density at radius 2 is 2.04 bits per heavy atom. The SMILES string of the molecule is CN=C(NCC(CC(C)C)N(C)C)NC1CCN(c2cccs2)CC1.I. The first-order valence-corrected chi connectivity index (χ1v) is 10.3. The van der Waals surface area contributed by atoms with Crippen molar-refractivity contribution in [1.29, 1.82) is 0 Å². The molecule has 0 aliphatic carbocycles. The highest BCUT2D eigenvalue weighted by molar-refractivity contribution is 14.0. The number of nitrogens with zero attached hydrogens (tertiary/aromatic N) is 3. The molecule has 2 N–H and O–H groups in total. The number of aliphatic imine (C=N–C) groups is 1. The highest BCUT2D eigenvalue weighted by atomic mass is 127. The van der Waals surface area contributed by atoms with Gasteiger partial charge in [-0.25, -0.2) is 0 Å². The molecule has 0 saturated carbocycles. The van der Waals surface area contributed by atoms with Crippen LogP contribution in [0.3, 0.4) is 0 Å². The molecule has 2 rings (SSSR count). The van der Waals surface area contributed by atoms with E-state index in [1.165, 1.54) is 11.4 Å². The average molecular weight is 494 g/mol. The van der Waals surface area contributed by atoms with E-state index in [0.29, 0.717) is 18.0 Å². The van der Waals surface area contributed by atoms with Gasteiger partial charge in [-0.1, -0.05) is 13.8 Å². The summed E-state index contributed by atoms with van der Waals surface area (Å²) < 4.78 is 0. The Balaban J connectivity index is 0.00000338. The highest BCUT2D eigenvalue weighted by Crippen LogP contribution is 2.24. The molecule has 2 heterocycles. The summed E-state index contributed by atoms with van der Waals surface area (Å²) in [5.74, 6) is 1.64. The van der Waals surface area contributed by atoms with Crippen molar-refractivity contribution in [3.63, 3.8) is 0 Å². The van der Waals surface area contributed by atoms with E-state index in [-0.39, 0.29) is 24.0 Å². The topological polar surface area (TPSA) is 42.9 Å². The molecule has 0 radical (unpaired) electrons. The molecule has 1 saturated heterocycles. The average Bonchev–Trinajstić information content (AvgIpc) is 3.12. The monoisotopic (exact) mass is 493 g/mol. The van der Waals surface area contributed by atoms with Crippen LogP contribution in [0, 0.1) is 5.92 Å². The number of hydrogen-bond donors (Lipinski definition) is 2. The molecule has 1 aliphatic heterocycles. The summed E-state index contributed by atoms with van der Waals surface area (Å²) >= 11 is 1.83. The summed E-state index contributed by atoms with van der Waals surface area (Å²) in [6.07, 6.45) is 3.50. The lowest BCUT2D eigenvalue weighted by Crippen LogP contribution is -2.51. The lowest BCUT2D eigenvalue weighted by molar-refractivity contribution is 0.254. The standard InChI is InChI=1S/C19H35N5S.HI/c1-15(2)13-17(23(4)5)14-21-19(20-3)22-16-8-10-24(11-9-16)18-7-6-12-25-18;/h6-7,12,15-17H,8-11,13-14H2,1-5H3,(H2,20,21,22);1H. The number of thiophene rings is 1. The maximum Gasteiger partial charge on any atom is 0.191 e. The van der Waals surface area contributed by atoms with Crippen LogP contribution in [0.4, 0.5) is 5.00 Å². The van der Waals surface area contributed by atoms with Crippen LogP contribution in [-0.4, -0.2) is 63.7 Å². The van der Waals surface area contributed by atoms with Crippen LogP contribution in [0.2, 0.25) is 0 Å². The first-order chi connectivity index (χ1) is 12.0. The lowest BCUT2D eigenvalue weighted by Gasteiger charge is -2.34. The van der Waals surface area contributed by atoms with Crippen molar-refractivity contribution < 1.29 is 0 Å². The Morgan fingerprint density at radius 3 is 2.54 bits per heavy atom. The van der Waals surface area contributed by atoms with E-state index in [2.05, 4.69) is 70.9 Å². The molecule has 1 atom stereocenters. The van der Waals surface area contributed by atoms with E-state index in [0.717, 1.165) is 38.4 Å². The van der Waals surface area contributed by atoms with Crippen LogP contribution in [-0.2, 0) is 0 Å². The molecule has 1 aliphatic rings. The minimum atomic E-state index is 0. The van der Waals surface area contributed by atoms with Crippen LogP contribution < -0.4 is 15.5 Å². The van der Waals surface area contributed by atoms with Crippen LogP contribution in [0.15, 0.2) is 22.5 Å². The van der Waals surface area contributed by atoms with Crippen LogP contribution in [0.1, 0.15) is 33.1 Å². The number of rotatable bonds is 7. The third-order valence-corrected chi connectivity index (χ3v) is 5.79. The molecule has 7 heteroatoms. The van der Waals surface area contributed by atoms with Crippen molar-refractivity contribution in [1.82, 2.24) is 15.5 Å². The molecular formula is C19H36IN5S. The summed E-state index contributed by atoms with van der Waals surface area (Å²) in [6, 6.07) is 5.38. The highest BCUT2D eigenvalue weighted by Gasteiger charge is 2.21. The normalized spacial score (nSPS) is 17.3. The van der Waals surface area contributed by atoms with Crippen molar-refractivity contribution in [2.45, 2.75) is 45.2 Å². The molecule has 0 spiro atoms. The number of guanidine groups is 1. The molecule has 150 valence electrons. The molecule has 5 nitrogen and oxygen atoms in total. The van der Waals surface area contributed by atoms with Crippen molar-refractivity contribution in [2.75, 3.05) is 45.7 Å². The van der Waals surface area contributed by atoms with Gasteiger partial charge in [0.15, 0.2) is 5.96 Å². The fourth-order valence-corrected chi connectivity index (χ4v) is 4.10. The molecule has 0 aromatic carbocycles. The minimum absolute atomic E-state index is 0. The molecule has 0 bridgehead atoms. The predicted molar refractivity (Wildman–Crippen MR) is 126 cm³/mol. The van der Waals surface area contributed by atoms with Gasteiger partial charge >= 0.3 is 0 Å². The zero-order valence-corrected chi connectivity index (χ0v) is 20.0. The van der Waals surface area contributed by atoms with Crippen LogP contribution in [0.5, 0.6) is 0 Å².